The smallest absolute Gasteiger partial charge is 0.104 e. The van der Waals surface area contributed by atoms with E-state index in [0.29, 0.717) is 11.2 Å². The van der Waals surface area contributed by atoms with Gasteiger partial charge >= 0.3 is 0 Å². The van der Waals surface area contributed by atoms with Gasteiger partial charge in [-0.25, -0.2) is 0 Å². The third-order valence-electron chi connectivity index (χ3n) is 7.27. The molecule has 2 unspecified atom stereocenters. The number of epoxide rings is 1. The highest BCUT2D eigenvalue weighted by atomic mass is 16.6. The van der Waals surface area contributed by atoms with E-state index in [1.54, 1.807) is 0 Å². The molecule has 6 atom stereocenters. The summed E-state index contributed by atoms with van der Waals surface area (Å²) >= 11 is 0. The molecule has 0 aromatic rings. The van der Waals surface area contributed by atoms with Crippen LogP contribution in [0.1, 0.15) is 64.2 Å². The van der Waals surface area contributed by atoms with Gasteiger partial charge in [0.15, 0.2) is 0 Å². The average molecular weight is 232 g/mol. The SMILES string of the molecule is C1C[C@@H]2CC[C@@H]3CCC[C@@H]4CC[C@H](C1)C21OC431. The topological polar surface area (TPSA) is 12.5 Å². The maximum Gasteiger partial charge on any atom is 0.104 e. The summed E-state index contributed by atoms with van der Waals surface area (Å²) in [6, 6.07) is 0. The predicted molar refractivity (Wildman–Crippen MR) is 66.7 cm³/mol. The Bertz CT molecular complexity index is 303. The summed E-state index contributed by atoms with van der Waals surface area (Å²) in [6.07, 6.45) is 14.9. The van der Waals surface area contributed by atoms with Crippen molar-refractivity contribution in [2.45, 2.75) is 75.4 Å². The van der Waals surface area contributed by atoms with E-state index in [9.17, 15) is 0 Å². The molecule has 5 fully saturated rings. The lowest BCUT2D eigenvalue weighted by atomic mass is 9.48. The number of rotatable bonds is 0. The molecule has 0 N–H and O–H groups in total. The maximum absolute atomic E-state index is 6.75. The van der Waals surface area contributed by atoms with Gasteiger partial charge < -0.3 is 4.74 Å². The van der Waals surface area contributed by atoms with Gasteiger partial charge in [-0.3, -0.25) is 0 Å². The Hall–Kier alpha value is -0.0400. The summed E-state index contributed by atoms with van der Waals surface area (Å²) in [5.74, 6) is 3.83. The summed E-state index contributed by atoms with van der Waals surface area (Å²) < 4.78 is 6.75. The van der Waals surface area contributed by atoms with Gasteiger partial charge in [0.1, 0.15) is 11.2 Å². The van der Waals surface area contributed by atoms with Crippen LogP contribution in [0.15, 0.2) is 0 Å². The molecule has 1 heteroatoms. The normalized spacial score (nSPS) is 63.5. The first kappa shape index (κ1) is 9.83. The van der Waals surface area contributed by atoms with Crippen molar-refractivity contribution in [2.75, 3.05) is 0 Å². The summed E-state index contributed by atoms with van der Waals surface area (Å²) in [7, 11) is 0. The lowest BCUT2D eigenvalue weighted by molar-refractivity contribution is 0.0114. The Labute approximate surface area is 104 Å². The fraction of sp³-hybridized carbons (Fsp3) is 1.00. The van der Waals surface area contributed by atoms with Crippen LogP contribution in [0.25, 0.3) is 0 Å². The zero-order chi connectivity index (χ0) is 11.1. The average Bonchev–Trinajstić information content (AvgIpc) is 3.07. The van der Waals surface area contributed by atoms with E-state index in [4.69, 9.17) is 4.74 Å². The van der Waals surface area contributed by atoms with Gasteiger partial charge in [-0.05, 0) is 75.0 Å². The molecule has 0 radical (unpaired) electrons. The van der Waals surface area contributed by atoms with Crippen molar-refractivity contribution in [3.05, 3.63) is 0 Å². The molecule has 1 nitrogen and oxygen atoms in total. The van der Waals surface area contributed by atoms with Gasteiger partial charge in [-0.15, -0.1) is 0 Å². The van der Waals surface area contributed by atoms with Crippen LogP contribution in [0.2, 0.25) is 0 Å². The lowest BCUT2D eigenvalue weighted by Crippen LogP contribution is -2.56. The molecule has 0 aromatic heterocycles. The van der Waals surface area contributed by atoms with E-state index in [1.807, 2.05) is 0 Å². The van der Waals surface area contributed by atoms with Crippen LogP contribution < -0.4 is 0 Å². The third kappa shape index (κ3) is 0.895. The van der Waals surface area contributed by atoms with Crippen molar-refractivity contribution in [3.63, 3.8) is 0 Å². The molecule has 2 spiro atoms. The van der Waals surface area contributed by atoms with Crippen LogP contribution in [-0.2, 0) is 4.74 Å². The lowest BCUT2D eigenvalue weighted by Gasteiger charge is -2.52. The summed E-state index contributed by atoms with van der Waals surface area (Å²) in [6.45, 7) is 0. The van der Waals surface area contributed by atoms with E-state index < -0.39 is 0 Å². The van der Waals surface area contributed by atoms with Gasteiger partial charge in [0.05, 0.1) is 0 Å². The second-order valence-electron chi connectivity index (χ2n) is 7.49. The Morgan fingerprint density at radius 2 is 0.882 bits per heavy atom. The van der Waals surface area contributed by atoms with Crippen LogP contribution in [0.3, 0.4) is 0 Å². The molecule has 5 aliphatic rings. The van der Waals surface area contributed by atoms with Crippen molar-refractivity contribution >= 4 is 0 Å². The summed E-state index contributed by atoms with van der Waals surface area (Å²) in [4.78, 5) is 0. The molecule has 1 heterocycles. The molecular weight excluding hydrogens is 208 g/mol. The standard InChI is InChI=1S/C16H24O/c1-3-11-7-9-13-5-2-6-14-10-8-12(4-1)15(11)16(13,14)17-15/h11-14H,1-10H2/t11-,12+,13+,14-,15?,16?. The largest absolute Gasteiger partial charge is 0.361 e. The van der Waals surface area contributed by atoms with Crippen molar-refractivity contribution in [3.8, 4) is 0 Å². The predicted octanol–water partition coefficient (Wildman–Crippen LogP) is 3.91. The minimum atomic E-state index is 0.428. The molecule has 5 rings (SSSR count). The fourth-order valence-corrected chi connectivity index (χ4v) is 6.85. The minimum absolute atomic E-state index is 0.428. The summed E-state index contributed by atoms with van der Waals surface area (Å²) in [5, 5.41) is 0. The molecule has 1 aliphatic heterocycles. The van der Waals surface area contributed by atoms with E-state index in [1.165, 1.54) is 64.2 Å². The molecule has 4 saturated carbocycles. The van der Waals surface area contributed by atoms with Gasteiger partial charge in [-0.1, -0.05) is 12.8 Å². The highest BCUT2D eigenvalue weighted by Gasteiger charge is 2.83. The van der Waals surface area contributed by atoms with E-state index in [-0.39, 0.29) is 0 Å². The second kappa shape index (κ2) is 2.92. The molecule has 1 saturated heterocycles. The van der Waals surface area contributed by atoms with E-state index >= 15 is 0 Å². The van der Waals surface area contributed by atoms with Crippen molar-refractivity contribution < 1.29 is 4.74 Å². The zero-order valence-electron chi connectivity index (χ0n) is 10.8. The first-order chi connectivity index (χ1) is 8.38. The second-order valence-corrected chi connectivity index (χ2v) is 7.49. The monoisotopic (exact) mass is 232 g/mol. The van der Waals surface area contributed by atoms with Gasteiger partial charge in [0.25, 0.3) is 0 Å². The Kier molecular flexibility index (Phi) is 1.69. The zero-order valence-corrected chi connectivity index (χ0v) is 10.8. The van der Waals surface area contributed by atoms with Crippen molar-refractivity contribution in [2.24, 2.45) is 23.7 Å². The molecule has 17 heavy (non-hydrogen) atoms. The molecule has 0 aromatic carbocycles. The number of hydrogen-bond donors (Lipinski definition) is 0. The highest BCUT2D eigenvalue weighted by Crippen LogP contribution is 2.77. The van der Waals surface area contributed by atoms with Crippen LogP contribution >= 0.6 is 0 Å². The first-order valence-corrected chi connectivity index (χ1v) is 8.08. The van der Waals surface area contributed by atoms with Crippen LogP contribution in [0.4, 0.5) is 0 Å². The minimum Gasteiger partial charge on any atom is -0.361 e. The van der Waals surface area contributed by atoms with Crippen LogP contribution in [0, 0.1) is 23.7 Å². The maximum atomic E-state index is 6.75. The Balaban J connectivity index is 1.64. The highest BCUT2D eigenvalue weighted by molar-refractivity contribution is 5.31. The summed E-state index contributed by atoms with van der Waals surface area (Å²) in [5.41, 5.74) is 0.856. The quantitative estimate of drug-likeness (QED) is 0.577. The van der Waals surface area contributed by atoms with Crippen molar-refractivity contribution in [1.82, 2.24) is 0 Å². The first-order valence-electron chi connectivity index (χ1n) is 8.08. The molecule has 0 bridgehead atoms. The fourth-order valence-electron chi connectivity index (χ4n) is 6.85. The van der Waals surface area contributed by atoms with E-state index in [2.05, 4.69) is 0 Å². The Morgan fingerprint density at radius 3 is 1.24 bits per heavy atom. The number of ether oxygens (including phenoxy) is 1. The Morgan fingerprint density at radius 1 is 0.529 bits per heavy atom. The molecule has 0 amide bonds. The van der Waals surface area contributed by atoms with Crippen LogP contribution in [-0.4, -0.2) is 11.2 Å². The van der Waals surface area contributed by atoms with Crippen molar-refractivity contribution in [1.29, 1.82) is 0 Å². The number of hydrogen-bond acceptors (Lipinski definition) is 1. The molecule has 94 valence electrons. The van der Waals surface area contributed by atoms with E-state index in [0.717, 1.165) is 23.7 Å². The van der Waals surface area contributed by atoms with Gasteiger partial charge in [0.2, 0.25) is 0 Å². The molecule has 4 aliphatic carbocycles. The third-order valence-corrected chi connectivity index (χ3v) is 7.27. The van der Waals surface area contributed by atoms with Crippen LogP contribution in [0.5, 0.6) is 0 Å². The molecular formula is C16H24O. The van der Waals surface area contributed by atoms with Gasteiger partial charge in [-0.2, -0.15) is 0 Å². The van der Waals surface area contributed by atoms with Gasteiger partial charge in [0, 0.05) is 0 Å².